The van der Waals surface area contributed by atoms with E-state index in [0.29, 0.717) is 12.8 Å². The van der Waals surface area contributed by atoms with E-state index in [4.69, 9.17) is 5.11 Å². The standard InChI is InChI=1S/C15H17NO3/c17-13(16-9-15(5-6-15)14(18)19)12-7-10-3-1-2-4-11(10)8-12/h1-4,12H,5-9H2,(H,16,17)(H,18,19). The van der Waals surface area contributed by atoms with E-state index in [2.05, 4.69) is 17.4 Å². The molecule has 2 N–H and O–H groups in total. The van der Waals surface area contributed by atoms with Crippen molar-refractivity contribution in [2.75, 3.05) is 6.54 Å². The molecule has 0 bridgehead atoms. The molecule has 1 amide bonds. The van der Waals surface area contributed by atoms with Crippen LogP contribution in [0.4, 0.5) is 0 Å². The number of rotatable bonds is 4. The van der Waals surface area contributed by atoms with E-state index in [-0.39, 0.29) is 18.4 Å². The Morgan fingerprint density at radius 2 is 1.79 bits per heavy atom. The summed E-state index contributed by atoms with van der Waals surface area (Å²) in [5.41, 5.74) is 1.80. The van der Waals surface area contributed by atoms with E-state index >= 15 is 0 Å². The third-order valence-electron chi connectivity index (χ3n) is 4.33. The summed E-state index contributed by atoms with van der Waals surface area (Å²) in [4.78, 5) is 23.2. The van der Waals surface area contributed by atoms with Gasteiger partial charge in [0.25, 0.3) is 0 Å². The Balaban J connectivity index is 1.57. The molecule has 100 valence electrons. The van der Waals surface area contributed by atoms with Crippen LogP contribution in [0.2, 0.25) is 0 Å². The third-order valence-corrected chi connectivity index (χ3v) is 4.33. The van der Waals surface area contributed by atoms with Crippen molar-refractivity contribution < 1.29 is 14.7 Å². The van der Waals surface area contributed by atoms with E-state index in [1.54, 1.807) is 0 Å². The average molecular weight is 259 g/mol. The van der Waals surface area contributed by atoms with Gasteiger partial charge in [0.2, 0.25) is 5.91 Å². The van der Waals surface area contributed by atoms with Crippen molar-refractivity contribution in [2.24, 2.45) is 11.3 Å². The van der Waals surface area contributed by atoms with Crippen LogP contribution in [-0.4, -0.2) is 23.5 Å². The Hall–Kier alpha value is -1.84. The van der Waals surface area contributed by atoms with Crippen LogP contribution < -0.4 is 5.32 Å². The predicted molar refractivity (Wildman–Crippen MR) is 69.7 cm³/mol. The average Bonchev–Trinajstić information content (AvgIpc) is 3.07. The van der Waals surface area contributed by atoms with Gasteiger partial charge in [0.1, 0.15) is 0 Å². The molecule has 1 saturated carbocycles. The molecule has 2 aliphatic rings. The Bertz CT molecular complexity index is 509. The van der Waals surface area contributed by atoms with Crippen LogP contribution in [0.1, 0.15) is 24.0 Å². The lowest BCUT2D eigenvalue weighted by Crippen LogP contribution is -2.38. The molecule has 3 rings (SSSR count). The number of carbonyl (C=O) groups excluding carboxylic acids is 1. The van der Waals surface area contributed by atoms with Crippen molar-refractivity contribution in [1.82, 2.24) is 5.32 Å². The normalized spacial score (nSPS) is 19.8. The summed E-state index contributed by atoms with van der Waals surface area (Å²) in [6.45, 7) is 0.272. The molecule has 0 heterocycles. The van der Waals surface area contributed by atoms with Crippen molar-refractivity contribution >= 4 is 11.9 Å². The number of hydrogen-bond acceptors (Lipinski definition) is 2. The molecule has 4 heteroatoms. The van der Waals surface area contributed by atoms with Gasteiger partial charge in [-0.25, -0.2) is 0 Å². The highest BCUT2D eigenvalue weighted by atomic mass is 16.4. The van der Waals surface area contributed by atoms with Crippen molar-refractivity contribution in [1.29, 1.82) is 0 Å². The number of aliphatic carboxylic acids is 1. The maximum atomic E-state index is 12.1. The van der Waals surface area contributed by atoms with Crippen LogP contribution in [0.25, 0.3) is 0 Å². The topological polar surface area (TPSA) is 66.4 Å². The molecular weight excluding hydrogens is 242 g/mol. The number of carbonyl (C=O) groups is 2. The molecule has 0 spiro atoms. The van der Waals surface area contributed by atoms with Crippen LogP contribution in [0.15, 0.2) is 24.3 Å². The quantitative estimate of drug-likeness (QED) is 0.858. The first-order valence-corrected chi connectivity index (χ1v) is 6.69. The van der Waals surface area contributed by atoms with Crippen LogP contribution in [-0.2, 0) is 22.4 Å². The van der Waals surface area contributed by atoms with Gasteiger partial charge in [-0.2, -0.15) is 0 Å². The number of fused-ring (bicyclic) bond motifs is 1. The maximum absolute atomic E-state index is 12.1. The predicted octanol–water partition coefficient (Wildman–Crippen LogP) is 1.38. The van der Waals surface area contributed by atoms with E-state index in [1.165, 1.54) is 11.1 Å². The van der Waals surface area contributed by atoms with Gasteiger partial charge in [0.15, 0.2) is 0 Å². The zero-order valence-corrected chi connectivity index (χ0v) is 10.7. The Kier molecular flexibility index (Phi) is 2.81. The number of nitrogens with one attached hydrogen (secondary N) is 1. The maximum Gasteiger partial charge on any atom is 0.311 e. The summed E-state index contributed by atoms with van der Waals surface area (Å²) >= 11 is 0. The minimum Gasteiger partial charge on any atom is -0.481 e. The van der Waals surface area contributed by atoms with Crippen LogP contribution in [0.5, 0.6) is 0 Å². The highest BCUT2D eigenvalue weighted by Crippen LogP contribution is 2.45. The third kappa shape index (κ3) is 2.23. The number of carboxylic acid groups (broad SMARTS) is 1. The molecule has 19 heavy (non-hydrogen) atoms. The fraction of sp³-hybridized carbons (Fsp3) is 0.467. The van der Waals surface area contributed by atoms with Gasteiger partial charge in [0, 0.05) is 12.5 Å². The Labute approximate surface area is 111 Å². The summed E-state index contributed by atoms with van der Waals surface area (Å²) in [7, 11) is 0. The largest absolute Gasteiger partial charge is 0.481 e. The molecular formula is C15H17NO3. The minimum absolute atomic E-state index is 0.0104. The lowest BCUT2D eigenvalue weighted by atomic mass is 10.0. The second-order valence-electron chi connectivity index (χ2n) is 5.68. The molecule has 0 unspecified atom stereocenters. The van der Waals surface area contributed by atoms with Crippen molar-refractivity contribution in [3.63, 3.8) is 0 Å². The lowest BCUT2D eigenvalue weighted by Gasteiger charge is -2.14. The second-order valence-corrected chi connectivity index (χ2v) is 5.68. The number of amides is 1. The lowest BCUT2D eigenvalue weighted by molar-refractivity contribution is -0.143. The molecule has 1 fully saturated rings. The molecule has 4 nitrogen and oxygen atoms in total. The fourth-order valence-electron chi connectivity index (χ4n) is 2.76. The van der Waals surface area contributed by atoms with E-state index < -0.39 is 11.4 Å². The monoisotopic (exact) mass is 259 g/mol. The summed E-state index contributed by atoms with van der Waals surface area (Å²) in [6.07, 6.45) is 2.88. The van der Waals surface area contributed by atoms with Gasteiger partial charge in [-0.3, -0.25) is 9.59 Å². The smallest absolute Gasteiger partial charge is 0.311 e. The molecule has 0 saturated heterocycles. The Morgan fingerprint density at radius 3 is 2.26 bits per heavy atom. The fourth-order valence-corrected chi connectivity index (χ4v) is 2.76. The summed E-state index contributed by atoms with van der Waals surface area (Å²) in [5.74, 6) is -0.840. The van der Waals surface area contributed by atoms with Crippen molar-refractivity contribution in [3.05, 3.63) is 35.4 Å². The van der Waals surface area contributed by atoms with Gasteiger partial charge in [-0.1, -0.05) is 24.3 Å². The first-order chi connectivity index (χ1) is 9.11. The summed E-state index contributed by atoms with van der Waals surface area (Å²) in [5, 5.41) is 11.9. The minimum atomic E-state index is -0.789. The van der Waals surface area contributed by atoms with Crippen LogP contribution >= 0.6 is 0 Å². The second kappa shape index (κ2) is 4.37. The van der Waals surface area contributed by atoms with Crippen LogP contribution in [0.3, 0.4) is 0 Å². The number of carboxylic acids is 1. The molecule has 1 aromatic carbocycles. The number of hydrogen-bond donors (Lipinski definition) is 2. The highest BCUT2D eigenvalue weighted by Gasteiger charge is 2.50. The molecule has 1 aromatic rings. The Morgan fingerprint density at radius 1 is 1.21 bits per heavy atom. The van der Waals surface area contributed by atoms with Gasteiger partial charge >= 0.3 is 5.97 Å². The zero-order chi connectivity index (χ0) is 13.5. The van der Waals surface area contributed by atoms with Gasteiger partial charge in [-0.15, -0.1) is 0 Å². The molecule has 0 radical (unpaired) electrons. The SMILES string of the molecule is O=C(NCC1(C(=O)O)CC1)C1Cc2ccccc2C1. The van der Waals surface area contributed by atoms with Crippen molar-refractivity contribution in [3.8, 4) is 0 Å². The van der Waals surface area contributed by atoms with Gasteiger partial charge < -0.3 is 10.4 Å². The first-order valence-electron chi connectivity index (χ1n) is 6.69. The van der Waals surface area contributed by atoms with E-state index in [0.717, 1.165) is 12.8 Å². The van der Waals surface area contributed by atoms with Crippen molar-refractivity contribution in [2.45, 2.75) is 25.7 Å². The van der Waals surface area contributed by atoms with E-state index in [1.807, 2.05) is 12.1 Å². The molecule has 0 aromatic heterocycles. The van der Waals surface area contributed by atoms with Gasteiger partial charge in [-0.05, 0) is 36.8 Å². The zero-order valence-electron chi connectivity index (χ0n) is 10.7. The van der Waals surface area contributed by atoms with Gasteiger partial charge in [0.05, 0.1) is 5.41 Å². The summed E-state index contributed by atoms with van der Waals surface area (Å²) in [6, 6.07) is 8.09. The molecule has 0 aliphatic heterocycles. The first kappa shape index (κ1) is 12.2. The van der Waals surface area contributed by atoms with Crippen LogP contribution in [0, 0.1) is 11.3 Å². The molecule has 2 aliphatic carbocycles. The number of benzene rings is 1. The molecule has 0 atom stereocenters. The highest BCUT2D eigenvalue weighted by molar-refractivity contribution is 5.83. The van der Waals surface area contributed by atoms with E-state index in [9.17, 15) is 9.59 Å². The summed E-state index contributed by atoms with van der Waals surface area (Å²) < 4.78 is 0.